The molecule has 0 spiro atoms. The molecule has 0 saturated carbocycles. The van der Waals surface area contributed by atoms with E-state index in [9.17, 15) is 21.6 Å². The average molecular weight is 632 g/mol. The average Bonchev–Trinajstić information content (AvgIpc) is 3.01. The number of nitrogens with zero attached hydrogens (tertiary/aromatic N) is 1. The van der Waals surface area contributed by atoms with E-state index in [1.54, 1.807) is 48.5 Å². The number of carbonyl (C=O) groups is 1. The van der Waals surface area contributed by atoms with E-state index < -0.39 is 32.5 Å². The lowest BCUT2D eigenvalue weighted by atomic mass is 10.1. The molecule has 8 nitrogen and oxygen atoms in total. The number of fused-ring (bicyclic) bond motifs is 1. The van der Waals surface area contributed by atoms with Gasteiger partial charge in [0.15, 0.2) is 0 Å². The summed E-state index contributed by atoms with van der Waals surface area (Å²) in [5.41, 5.74) is 2.06. The van der Waals surface area contributed by atoms with Gasteiger partial charge in [-0.15, -0.1) is 11.8 Å². The molecule has 5 rings (SSSR count). The number of nitrogens with one attached hydrogen (secondary N) is 2. The van der Waals surface area contributed by atoms with Crippen molar-refractivity contribution in [2.75, 3.05) is 27.1 Å². The van der Waals surface area contributed by atoms with Crippen LogP contribution >= 0.6 is 11.8 Å². The highest BCUT2D eigenvalue weighted by molar-refractivity contribution is 7.98. The summed E-state index contributed by atoms with van der Waals surface area (Å²) in [5.74, 6) is -0.589. The highest BCUT2D eigenvalue weighted by Gasteiger charge is 2.27. The van der Waals surface area contributed by atoms with E-state index in [1.807, 2.05) is 43.5 Å². The second kappa shape index (κ2) is 12.5. The Morgan fingerprint density at radius 2 is 1.37 bits per heavy atom. The maximum atomic E-state index is 13.7. The third-order valence-electron chi connectivity index (χ3n) is 6.74. The summed E-state index contributed by atoms with van der Waals surface area (Å²) in [4.78, 5) is 14.1. The molecule has 220 valence electrons. The van der Waals surface area contributed by atoms with Gasteiger partial charge in [-0.05, 0) is 85.3 Å². The largest absolute Gasteiger partial charge is 0.325 e. The standard InChI is InChI=1S/C32H29N3O5S3/c1-23-10-14-26(15-11-23)35(43(39,40)29-20-16-27(41-2)17-21-29)22-32(36)33-25-12-18-28(19-13-25)42(37,38)34-31-9-5-7-24-6-3-4-8-30(24)31/h3-21,34H,22H2,1-2H3,(H,33,36). The summed E-state index contributed by atoms with van der Waals surface area (Å²) >= 11 is 1.50. The van der Waals surface area contributed by atoms with Crippen LogP contribution in [-0.4, -0.2) is 35.5 Å². The summed E-state index contributed by atoms with van der Waals surface area (Å²) in [6, 6.07) is 31.8. The lowest BCUT2D eigenvalue weighted by Gasteiger charge is -2.24. The molecule has 5 aromatic carbocycles. The zero-order valence-corrected chi connectivity index (χ0v) is 25.8. The minimum absolute atomic E-state index is 0.0102. The van der Waals surface area contributed by atoms with E-state index in [4.69, 9.17) is 0 Å². The fourth-order valence-corrected chi connectivity index (χ4v) is 7.38. The van der Waals surface area contributed by atoms with E-state index in [1.165, 1.54) is 48.2 Å². The Bertz CT molecular complexity index is 1970. The summed E-state index contributed by atoms with van der Waals surface area (Å²) in [7, 11) is -7.99. The van der Waals surface area contributed by atoms with E-state index in [0.717, 1.165) is 25.5 Å². The number of carbonyl (C=O) groups excluding carboxylic acids is 1. The Labute approximate surface area is 255 Å². The highest BCUT2D eigenvalue weighted by atomic mass is 32.2. The van der Waals surface area contributed by atoms with Crippen molar-refractivity contribution in [1.82, 2.24) is 0 Å². The number of hydrogen-bond acceptors (Lipinski definition) is 6. The normalized spacial score (nSPS) is 11.7. The van der Waals surface area contributed by atoms with E-state index in [-0.39, 0.29) is 9.79 Å². The number of rotatable bonds is 10. The van der Waals surface area contributed by atoms with Crippen LogP contribution in [0.4, 0.5) is 17.1 Å². The topological polar surface area (TPSA) is 113 Å². The molecule has 11 heteroatoms. The molecule has 0 fully saturated rings. The molecule has 0 saturated heterocycles. The smallest absolute Gasteiger partial charge is 0.264 e. The van der Waals surface area contributed by atoms with Crippen molar-refractivity contribution in [2.45, 2.75) is 21.6 Å². The molecule has 0 radical (unpaired) electrons. The molecule has 0 atom stereocenters. The Morgan fingerprint density at radius 1 is 0.744 bits per heavy atom. The van der Waals surface area contributed by atoms with Crippen LogP contribution in [0.5, 0.6) is 0 Å². The fourth-order valence-electron chi connectivity index (χ4n) is 4.47. The molecule has 0 aliphatic carbocycles. The molecule has 0 heterocycles. The number of aryl methyl sites for hydroxylation is 1. The summed E-state index contributed by atoms with van der Waals surface area (Å²) in [5, 5.41) is 4.36. The van der Waals surface area contributed by atoms with Gasteiger partial charge in [-0.2, -0.15) is 0 Å². The second-order valence-electron chi connectivity index (χ2n) is 9.73. The van der Waals surface area contributed by atoms with Crippen molar-refractivity contribution in [3.8, 4) is 0 Å². The van der Waals surface area contributed by atoms with Crippen LogP contribution in [0.1, 0.15) is 5.56 Å². The fraction of sp³-hybridized carbons (Fsp3) is 0.0938. The van der Waals surface area contributed by atoms with Gasteiger partial charge >= 0.3 is 0 Å². The third kappa shape index (κ3) is 6.85. The van der Waals surface area contributed by atoms with E-state index in [2.05, 4.69) is 10.0 Å². The van der Waals surface area contributed by atoms with Gasteiger partial charge in [0.1, 0.15) is 6.54 Å². The maximum absolute atomic E-state index is 13.7. The van der Waals surface area contributed by atoms with Crippen LogP contribution in [0.3, 0.4) is 0 Å². The monoisotopic (exact) mass is 631 g/mol. The Kier molecular flexibility index (Phi) is 8.77. The molecular weight excluding hydrogens is 603 g/mol. The van der Waals surface area contributed by atoms with Gasteiger partial charge in [-0.1, -0.05) is 54.1 Å². The molecule has 0 aliphatic rings. The number of hydrogen-bond donors (Lipinski definition) is 2. The summed E-state index contributed by atoms with van der Waals surface area (Å²) < 4.78 is 57.2. The minimum atomic E-state index is -4.08. The second-order valence-corrected chi connectivity index (χ2v) is 14.2. The van der Waals surface area contributed by atoms with E-state index >= 15 is 0 Å². The quantitative estimate of drug-likeness (QED) is 0.170. The van der Waals surface area contributed by atoms with Gasteiger partial charge in [0, 0.05) is 16.0 Å². The van der Waals surface area contributed by atoms with Gasteiger partial charge in [0.25, 0.3) is 20.0 Å². The van der Waals surface area contributed by atoms with Crippen molar-refractivity contribution in [3.05, 3.63) is 121 Å². The van der Waals surface area contributed by atoms with Gasteiger partial charge < -0.3 is 5.32 Å². The molecule has 43 heavy (non-hydrogen) atoms. The van der Waals surface area contributed by atoms with Gasteiger partial charge in [0.2, 0.25) is 5.91 Å². The van der Waals surface area contributed by atoms with Gasteiger partial charge in [-0.25, -0.2) is 16.8 Å². The number of thioether (sulfide) groups is 1. The van der Waals surface area contributed by atoms with Crippen LogP contribution in [0.25, 0.3) is 10.8 Å². The van der Waals surface area contributed by atoms with Crippen LogP contribution in [-0.2, 0) is 24.8 Å². The predicted molar refractivity (Wildman–Crippen MR) is 174 cm³/mol. The van der Waals surface area contributed by atoms with Crippen molar-refractivity contribution in [3.63, 3.8) is 0 Å². The van der Waals surface area contributed by atoms with Crippen LogP contribution in [0.15, 0.2) is 130 Å². The molecule has 5 aromatic rings. The first-order valence-corrected chi connectivity index (χ1v) is 17.4. The first kappa shape index (κ1) is 30.1. The van der Waals surface area contributed by atoms with E-state index in [0.29, 0.717) is 17.1 Å². The summed E-state index contributed by atoms with van der Waals surface area (Å²) in [6.07, 6.45) is 1.90. The predicted octanol–water partition coefficient (Wildman–Crippen LogP) is 6.50. The first-order valence-electron chi connectivity index (χ1n) is 13.2. The zero-order valence-electron chi connectivity index (χ0n) is 23.4. The van der Waals surface area contributed by atoms with Crippen molar-refractivity contribution in [2.24, 2.45) is 0 Å². The number of anilines is 3. The molecule has 0 unspecified atom stereocenters. The third-order valence-corrected chi connectivity index (χ3v) is 10.7. The highest BCUT2D eigenvalue weighted by Crippen LogP contribution is 2.28. The number of sulfonamides is 2. The first-order chi connectivity index (χ1) is 20.6. The summed E-state index contributed by atoms with van der Waals surface area (Å²) in [6.45, 7) is 1.40. The molecule has 0 bridgehead atoms. The van der Waals surface area contributed by atoms with Crippen molar-refractivity contribution < 1.29 is 21.6 Å². The van der Waals surface area contributed by atoms with Crippen LogP contribution in [0, 0.1) is 6.92 Å². The van der Waals surface area contributed by atoms with Gasteiger partial charge in [0.05, 0.1) is 21.2 Å². The van der Waals surface area contributed by atoms with Gasteiger partial charge in [-0.3, -0.25) is 13.8 Å². The molecule has 2 N–H and O–H groups in total. The van der Waals surface area contributed by atoms with Crippen molar-refractivity contribution in [1.29, 1.82) is 0 Å². The molecular formula is C32H29N3O5S3. The minimum Gasteiger partial charge on any atom is -0.325 e. The maximum Gasteiger partial charge on any atom is 0.264 e. The van der Waals surface area contributed by atoms with Crippen LogP contribution < -0.4 is 14.3 Å². The lowest BCUT2D eigenvalue weighted by Crippen LogP contribution is -2.38. The molecule has 0 aromatic heterocycles. The zero-order chi connectivity index (χ0) is 30.6. The molecule has 0 aliphatic heterocycles. The Balaban J connectivity index is 1.34. The number of benzene rings is 5. The molecule has 1 amide bonds. The van der Waals surface area contributed by atoms with Crippen molar-refractivity contribution >= 4 is 65.6 Å². The number of amides is 1. The van der Waals surface area contributed by atoms with Crippen LogP contribution in [0.2, 0.25) is 0 Å². The lowest BCUT2D eigenvalue weighted by molar-refractivity contribution is -0.114. The Morgan fingerprint density at radius 3 is 2.05 bits per heavy atom. The SMILES string of the molecule is CSc1ccc(S(=O)(=O)N(CC(=O)Nc2ccc(S(=O)(=O)Nc3cccc4ccccc34)cc2)c2ccc(C)cc2)cc1. The Hall–Kier alpha value is -4.32.